The highest BCUT2D eigenvalue weighted by Gasteiger charge is 2.34. The summed E-state index contributed by atoms with van der Waals surface area (Å²) in [4.78, 5) is 18.4. The Morgan fingerprint density at radius 1 is 1.50 bits per heavy atom. The van der Waals surface area contributed by atoms with E-state index in [1.807, 2.05) is 13.8 Å². The van der Waals surface area contributed by atoms with Crippen molar-refractivity contribution in [3.8, 4) is 0 Å². The summed E-state index contributed by atoms with van der Waals surface area (Å²) >= 11 is 0. The first kappa shape index (κ1) is 13.0. The number of piperazine rings is 1. The molecule has 1 amide bonds. The van der Waals surface area contributed by atoms with Crippen LogP contribution >= 0.6 is 0 Å². The van der Waals surface area contributed by atoms with Gasteiger partial charge < -0.3 is 10.6 Å². The third-order valence-electron chi connectivity index (χ3n) is 3.34. The van der Waals surface area contributed by atoms with Crippen LogP contribution in [-0.2, 0) is 11.3 Å². The van der Waals surface area contributed by atoms with Gasteiger partial charge in [0.1, 0.15) is 12.2 Å². The summed E-state index contributed by atoms with van der Waals surface area (Å²) in [5.41, 5.74) is -0.498. The van der Waals surface area contributed by atoms with E-state index in [1.165, 1.54) is 6.33 Å². The number of hydrogen-bond acceptors (Lipinski definition) is 5. The molecule has 2 heterocycles. The second-order valence-corrected chi connectivity index (χ2v) is 4.91. The molecule has 1 aliphatic rings. The molecule has 2 rings (SSSR count). The van der Waals surface area contributed by atoms with Crippen LogP contribution in [0.25, 0.3) is 0 Å². The van der Waals surface area contributed by atoms with Crippen LogP contribution in [0.5, 0.6) is 0 Å². The standard InChI is InChI=1S/C11H20N6O/c1-11(2,17-5-3-12-4-6-17)10(18)13-7-9-14-8-15-16-9/h8,12H,3-7H2,1-2H3,(H,13,18)(H,14,15,16). The van der Waals surface area contributed by atoms with Gasteiger partial charge in [0.2, 0.25) is 5.91 Å². The normalized spacial score (nSPS) is 17.7. The molecule has 7 heteroatoms. The summed E-state index contributed by atoms with van der Waals surface area (Å²) < 4.78 is 0. The highest BCUT2D eigenvalue weighted by Crippen LogP contribution is 2.15. The van der Waals surface area contributed by atoms with E-state index >= 15 is 0 Å². The number of amides is 1. The maximum Gasteiger partial charge on any atom is 0.240 e. The Kier molecular flexibility index (Phi) is 3.93. The van der Waals surface area contributed by atoms with Crippen LogP contribution < -0.4 is 10.6 Å². The Bertz CT molecular complexity index is 382. The molecule has 0 aliphatic carbocycles. The summed E-state index contributed by atoms with van der Waals surface area (Å²) in [5, 5.41) is 12.6. The summed E-state index contributed by atoms with van der Waals surface area (Å²) in [6.45, 7) is 7.93. The lowest BCUT2D eigenvalue weighted by Gasteiger charge is -2.39. The van der Waals surface area contributed by atoms with E-state index in [0.29, 0.717) is 12.4 Å². The molecule has 1 saturated heterocycles. The van der Waals surface area contributed by atoms with Crippen LogP contribution in [0.15, 0.2) is 6.33 Å². The topological polar surface area (TPSA) is 85.9 Å². The van der Waals surface area contributed by atoms with E-state index in [-0.39, 0.29) is 5.91 Å². The first-order valence-electron chi connectivity index (χ1n) is 6.19. The average molecular weight is 252 g/mol. The van der Waals surface area contributed by atoms with Gasteiger partial charge in [0.15, 0.2) is 0 Å². The van der Waals surface area contributed by atoms with Crippen molar-refractivity contribution in [1.29, 1.82) is 0 Å². The van der Waals surface area contributed by atoms with Gasteiger partial charge in [0, 0.05) is 26.2 Å². The van der Waals surface area contributed by atoms with E-state index in [9.17, 15) is 4.79 Å². The second-order valence-electron chi connectivity index (χ2n) is 4.91. The Balaban J connectivity index is 1.89. The van der Waals surface area contributed by atoms with E-state index in [0.717, 1.165) is 26.2 Å². The van der Waals surface area contributed by atoms with Gasteiger partial charge in [0.25, 0.3) is 0 Å². The number of nitrogens with zero attached hydrogens (tertiary/aromatic N) is 3. The van der Waals surface area contributed by atoms with Gasteiger partial charge >= 0.3 is 0 Å². The molecule has 1 fully saturated rings. The van der Waals surface area contributed by atoms with Crippen molar-refractivity contribution in [2.24, 2.45) is 0 Å². The molecule has 0 spiro atoms. The fourth-order valence-corrected chi connectivity index (χ4v) is 2.06. The van der Waals surface area contributed by atoms with E-state index in [4.69, 9.17) is 0 Å². The van der Waals surface area contributed by atoms with Gasteiger partial charge in [-0.1, -0.05) is 0 Å². The van der Waals surface area contributed by atoms with Gasteiger partial charge in [-0.15, -0.1) is 0 Å². The van der Waals surface area contributed by atoms with Crippen molar-refractivity contribution in [2.75, 3.05) is 26.2 Å². The first-order valence-corrected chi connectivity index (χ1v) is 6.19. The quantitative estimate of drug-likeness (QED) is 0.647. The number of H-pyrrole nitrogens is 1. The molecule has 0 aromatic carbocycles. The van der Waals surface area contributed by atoms with E-state index in [1.54, 1.807) is 0 Å². The zero-order valence-electron chi connectivity index (χ0n) is 10.9. The lowest BCUT2D eigenvalue weighted by atomic mass is 10.0. The van der Waals surface area contributed by atoms with Gasteiger partial charge in [-0.25, -0.2) is 4.98 Å². The van der Waals surface area contributed by atoms with Crippen molar-refractivity contribution < 1.29 is 4.79 Å². The largest absolute Gasteiger partial charge is 0.347 e. The number of aromatic amines is 1. The minimum absolute atomic E-state index is 0.0146. The number of carbonyl (C=O) groups is 1. The van der Waals surface area contributed by atoms with E-state index < -0.39 is 5.54 Å². The van der Waals surface area contributed by atoms with Crippen LogP contribution in [0.2, 0.25) is 0 Å². The summed E-state index contributed by atoms with van der Waals surface area (Å²) in [6, 6.07) is 0. The molecule has 3 N–H and O–H groups in total. The molecule has 1 aromatic heterocycles. The zero-order valence-corrected chi connectivity index (χ0v) is 10.9. The average Bonchev–Trinajstić information content (AvgIpc) is 2.90. The number of rotatable bonds is 4. The van der Waals surface area contributed by atoms with Crippen LogP contribution in [0, 0.1) is 0 Å². The van der Waals surface area contributed by atoms with Crippen molar-refractivity contribution in [1.82, 2.24) is 30.7 Å². The fourth-order valence-electron chi connectivity index (χ4n) is 2.06. The maximum atomic E-state index is 12.2. The van der Waals surface area contributed by atoms with Gasteiger partial charge in [-0.2, -0.15) is 5.10 Å². The number of carbonyl (C=O) groups excluding carboxylic acids is 1. The smallest absolute Gasteiger partial charge is 0.240 e. The third kappa shape index (κ3) is 2.85. The molecular weight excluding hydrogens is 232 g/mol. The fraction of sp³-hybridized carbons (Fsp3) is 0.727. The molecular formula is C11H20N6O. The van der Waals surface area contributed by atoms with Crippen LogP contribution in [-0.4, -0.2) is 57.7 Å². The molecule has 0 bridgehead atoms. The minimum Gasteiger partial charge on any atom is -0.347 e. The summed E-state index contributed by atoms with van der Waals surface area (Å²) in [6.07, 6.45) is 1.43. The van der Waals surface area contributed by atoms with Crippen LogP contribution in [0.1, 0.15) is 19.7 Å². The Morgan fingerprint density at radius 2 is 2.22 bits per heavy atom. The second kappa shape index (κ2) is 5.45. The Labute approximate surface area is 106 Å². The number of hydrogen-bond donors (Lipinski definition) is 3. The van der Waals surface area contributed by atoms with E-state index in [2.05, 4.69) is 30.7 Å². The highest BCUT2D eigenvalue weighted by atomic mass is 16.2. The maximum absolute atomic E-state index is 12.2. The van der Waals surface area contributed by atoms with Crippen molar-refractivity contribution >= 4 is 5.91 Å². The van der Waals surface area contributed by atoms with Crippen molar-refractivity contribution in [3.05, 3.63) is 12.2 Å². The predicted molar refractivity (Wildman–Crippen MR) is 66.8 cm³/mol. The molecule has 100 valence electrons. The lowest BCUT2D eigenvalue weighted by Crippen LogP contribution is -2.59. The first-order chi connectivity index (χ1) is 8.60. The van der Waals surface area contributed by atoms with Crippen molar-refractivity contribution in [3.63, 3.8) is 0 Å². The highest BCUT2D eigenvalue weighted by molar-refractivity contribution is 5.85. The molecule has 0 atom stereocenters. The predicted octanol–water partition coefficient (Wildman–Crippen LogP) is -0.895. The Morgan fingerprint density at radius 3 is 2.83 bits per heavy atom. The molecule has 0 saturated carbocycles. The third-order valence-corrected chi connectivity index (χ3v) is 3.34. The Hall–Kier alpha value is -1.47. The monoisotopic (exact) mass is 252 g/mol. The van der Waals surface area contributed by atoms with Gasteiger partial charge in [-0.05, 0) is 13.8 Å². The van der Waals surface area contributed by atoms with Gasteiger partial charge in [-0.3, -0.25) is 14.8 Å². The van der Waals surface area contributed by atoms with Crippen LogP contribution in [0.4, 0.5) is 0 Å². The molecule has 1 aliphatic heterocycles. The SMILES string of the molecule is CC(C)(C(=O)NCc1ncn[nH]1)N1CCNCC1. The molecule has 18 heavy (non-hydrogen) atoms. The zero-order chi connectivity index (χ0) is 13.0. The minimum atomic E-state index is -0.498. The lowest BCUT2D eigenvalue weighted by molar-refractivity contribution is -0.132. The summed E-state index contributed by atoms with van der Waals surface area (Å²) in [7, 11) is 0. The summed E-state index contributed by atoms with van der Waals surface area (Å²) in [5.74, 6) is 0.681. The van der Waals surface area contributed by atoms with Gasteiger partial charge in [0.05, 0.1) is 12.1 Å². The molecule has 0 unspecified atom stereocenters. The van der Waals surface area contributed by atoms with Crippen molar-refractivity contribution in [2.45, 2.75) is 25.9 Å². The molecule has 7 nitrogen and oxygen atoms in total. The number of nitrogens with one attached hydrogen (secondary N) is 3. The molecule has 1 aromatic rings. The van der Waals surface area contributed by atoms with Crippen LogP contribution in [0.3, 0.4) is 0 Å². The molecule has 0 radical (unpaired) electrons. The number of aromatic nitrogens is 3.